The van der Waals surface area contributed by atoms with Gasteiger partial charge in [-0.3, -0.25) is 4.98 Å². The normalized spacial score (nSPS) is 22.7. The van der Waals surface area contributed by atoms with Crippen LogP contribution in [0.5, 0.6) is 5.75 Å². The highest BCUT2D eigenvalue weighted by Gasteiger charge is 2.23. The average Bonchev–Trinajstić information content (AvgIpc) is 2.51. The van der Waals surface area contributed by atoms with Gasteiger partial charge in [-0.2, -0.15) is 0 Å². The number of aromatic nitrogens is 1. The predicted octanol–water partition coefficient (Wildman–Crippen LogP) is 3.90. The molecule has 0 amide bonds. The Hall–Kier alpha value is -1.09. The molecule has 1 aliphatic carbocycles. The van der Waals surface area contributed by atoms with Crippen LogP contribution < -0.4 is 10.1 Å². The minimum absolute atomic E-state index is 0.635. The molecule has 1 aromatic rings. The van der Waals surface area contributed by atoms with Gasteiger partial charge in [-0.15, -0.1) is 0 Å². The molecule has 1 aliphatic rings. The van der Waals surface area contributed by atoms with Gasteiger partial charge in [0.1, 0.15) is 5.75 Å². The summed E-state index contributed by atoms with van der Waals surface area (Å²) in [6, 6.07) is 2.86. The largest absolute Gasteiger partial charge is 0.492 e. The van der Waals surface area contributed by atoms with Crippen molar-refractivity contribution in [1.82, 2.24) is 10.3 Å². The molecule has 0 aromatic carbocycles. The molecule has 0 bridgehead atoms. The van der Waals surface area contributed by atoms with Crippen molar-refractivity contribution in [3.63, 3.8) is 0 Å². The SMILES string of the molecule is CCCNC1CCCC(c2cncc(OCCC)c2)C1. The number of nitrogens with one attached hydrogen (secondary N) is 1. The van der Waals surface area contributed by atoms with Gasteiger partial charge in [-0.25, -0.2) is 0 Å². The molecule has 0 radical (unpaired) electrons. The zero-order valence-electron chi connectivity index (χ0n) is 12.9. The lowest BCUT2D eigenvalue weighted by Crippen LogP contribution is -2.34. The zero-order chi connectivity index (χ0) is 14.2. The molecule has 0 spiro atoms. The van der Waals surface area contributed by atoms with Crippen LogP contribution >= 0.6 is 0 Å². The summed E-state index contributed by atoms with van der Waals surface area (Å²) in [6.45, 7) is 6.26. The summed E-state index contributed by atoms with van der Waals surface area (Å²) < 4.78 is 5.70. The van der Waals surface area contributed by atoms with E-state index in [4.69, 9.17) is 4.74 Å². The van der Waals surface area contributed by atoms with Crippen LogP contribution in [0.25, 0.3) is 0 Å². The lowest BCUT2D eigenvalue weighted by atomic mass is 9.82. The summed E-state index contributed by atoms with van der Waals surface area (Å²) in [6.07, 6.45) is 11.2. The second kappa shape index (κ2) is 8.25. The lowest BCUT2D eigenvalue weighted by Gasteiger charge is -2.30. The fourth-order valence-corrected chi connectivity index (χ4v) is 2.98. The Morgan fingerprint density at radius 3 is 2.95 bits per heavy atom. The van der Waals surface area contributed by atoms with Crippen LogP contribution in [-0.2, 0) is 0 Å². The molecular formula is C17H28N2O. The molecule has 1 N–H and O–H groups in total. The number of hydrogen-bond donors (Lipinski definition) is 1. The van der Waals surface area contributed by atoms with Crippen molar-refractivity contribution in [3.05, 3.63) is 24.0 Å². The van der Waals surface area contributed by atoms with Gasteiger partial charge in [0.25, 0.3) is 0 Å². The Morgan fingerprint density at radius 2 is 2.15 bits per heavy atom. The van der Waals surface area contributed by atoms with E-state index in [0.29, 0.717) is 12.0 Å². The molecule has 2 rings (SSSR count). The molecule has 112 valence electrons. The number of pyridine rings is 1. The summed E-state index contributed by atoms with van der Waals surface area (Å²) in [7, 11) is 0. The number of nitrogens with zero attached hydrogens (tertiary/aromatic N) is 1. The number of ether oxygens (including phenoxy) is 1. The van der Waals surface area contributed by atoms with Gasteiger partial charge in [-0.05, 0) is 56.2 Å². The minimum atomic E-state index is 0.635. The van der Waals surface area contributed by atoms with Gasteiger partial charge in [0.05, 0.1) is 12.8 Å². The number of rotatable bonds is 7. The van der Waals surface area contributed by atoms with E-state index < -0.39 is 0 Å². The fraction of sp³-hybridized carbons (Fsp3) is 0.706. The van der Waals surface area contributed by atoms with Crippen LogP contribution in [0.15, 0.2) is 18.5 Å². The summed E-state index contributed by atoms with van der Waals surface area (Å²) in [4.78, 5) is 4.35. The molecule has 2 unspecified atom stereocenters. The summed E-state index contributed by atoms with van der Waals surface area (Å²) in [5.41, 5.74) is 1.35. The maximum absolute atomic E-state index is 5.70. The molecule has 20 heavy (non-hydrogen) atoms. The van der Waals surface area contributed by atoms with E-state index in [1.54, 1.807) is 0 Å². The van der Waals surface area contributed by atoms with Gasteiger partial charge in [0.2, 0.25) is 0 Å². The summed E-state index contributed by atoms with van der Waals surface area (Å²) in [5.74, 6) is 1.56. The Bertz CT molecular complexity index is 394. The topological polar surface area (TPSA) is 34.2 Å². The molecule has 2 atom stereocenters. The first-order valence-electron chi connectivity index (χ1n) is 8.14. The van der Waals surface area contributed by atoms with E-state index in [1.165, 1.54) is 37.7 Å². The van der Waals surface area contributed by atoms with Crippen molar-refractivity contribution in [1.29, 1.82) is 0 Å². The second-order valence-electron chi connectivity index (χ2n) is 5.82. The molecule has 0 saturated heterocycles. The number of hydrogen-bond acceptors (Lipinski definition) is 3. The average molecular weight is 276 g/mol. The van der Waals surface area contributed by atoms with Gasteiger partial charge < -0.3 is 10.1 Å². The van der Waals surface area contributed by atoms with E-state index in [1.807, 2.05) is 12.4 Å². The Morgan fingerprint density at radius 1 is 1.25 bits per heavy atom. The molecule has 1 saturated carbocycles. The van der Waals surface area contributed by atoms with Gasteiger partial charge in [0.15, 0.2) is 0 Å². The van der Waals surface area contributed by atoms with Crippen molar-refractivity contribution in [2.75, 3.05) is 13.2 Å². The van der Waals surface area contributed by atoms with Crippen molar-refractivity contribution < 1.29 is 4.74 Å². The van der Waals surface area contributed by atoms with Crippen LogP contribution in [0, 0.1) is 0 Å². The smallest absolute Gasteiger partial charge is 0.137 e. The first-order chi connectivity index (χ1) is 9.83. The third-order valence-corrected chi connectivity index (χ3v) is 4.04. The maximum atomic E-state index is 5.70. The molecule has 3 heteroatoms. The van der Waals surface area contributed by atoms with E-state index in [9.17, 15) is 0 Å². The van der Waals surface area contributed by atoms with Crippen molar-refractivity contribution in [2.45, 2.75) is 64.3 Å². The highest BCUT2D eigenvalue weighted by atomic mass is 16.5. The van der Waals surface area contributed by atoms with Crippen molar-refractivity contribution in [3.8, 4) is 5.75 Å². The first kappa shape index (κ1) is 15.3. The predicted molar refractivity (Wildman–Crippen MR) is 83.3 cm³/mol. The molecule has 1 aromatic heterocycles. The van der Waals surface area contributed by atoms with Crippen LogP contribution in [0.2, 0.25) is 0 Å². The third kappa shape index (κ3) is 4.48. The van der Waals surface area contributed by atoms with Gasteiger partial charge >= 0.3 is 0 Å². The molecular weight excluding hydrogens is 248 g/mol. The van der Waals surface area contributed by atoms with Crippen LogP contribution in [0.3, 0.4) is 0 Å². The van der Waals surface area contributed by atoms with Crippen LogP contribution in [-0.4, -0.2) is 24.2 Å². The van der Waals surface area contributed by atoms with Gasteiger partial charge in [-0.1, -0.05) is 20.3 Å². The quantitative estimate of drug-likeness (QED) is 0.820. The highest BCUT2D eigenvalue weighted by molar-refractivity contribution is 5.27. The molecule has 0 aliphatic heterocycles. The van der Waals surface area contributed by atoms with E-state index in [0.717, 1.165) is 25.3 Å². The summed E-state index contributed by atoms with van der Waals surface area (Å²) in [5, 5.41) is 3.67. The molecule has 1 heterocycles. The monoisotopic (exact) mass is 276 g/mol. The lowest BCUT2D eigenvalue weighted by molar-refractivity contribution is 0.313. The van der Waals surface area contributed by atoms with Crippen molar-refractivity contribution in [2.24, 2.45) is 0 Å². The van der Waals surface area contributed by atoms with E-state index in [2.05, 4.69) is 30.2 Å². The Labute approximate surface area is 123 Å². The molecule has 1 fully saturated rings. The van der Waals surface area contributed by atoms with Crippen molar-refractivity contribution >= 4 is 0 Å². The van der Waals surface area contributed by atoms with Crippen LogP contribution in [0.4, 0.5) is 0 Å². The summed E-state index contributed by atoms with van der Waals surface area (Å²) >= 11 is 0. The van der Waals surface area contributed by atoms with E-state index in [-0.39, 0.29) is 0 Å². The standard InChI is InChI=1S/C17H28N2O/c1-3-8-19-16-7-5-6-14(10-16)15-11-17(13-18-12-15)20-9-4-2/h11-14,16,19H,3-10H2,1-2H3. The Kier molecular flexibility index (Phi) is 6.31. The first-order valence-corrected chi connectivity index (χ1v) is 8.14. The second-order valence-corrected chi connectivity index (χ2v) is 5.82. The fourth-order valence-electron chi connectivity index (χ4n) is 2.98. The minimum Gasteiger partial charge on any atom is -0.492 e. The van der Waals surface area contributed by atoms with Gasteiger partial charge in [0, 0.05) is 12.2 Å². The Balaban J connectivity index is 1.95. The zero-order valence-corrected chi connectivity index (χ0v) is 12.9. The maximum Gasteiger partial charge on any atom is 0.137 e. The highest BCUT2D eigenvalue weighted by Crippen LogP contribution is 2.33. The van der Waals surface area contributed by atoms with E-state index >= 15 is 0 Å². The van der Waals surface area contributed by atoms with Crippen LogP contribution in [0.1, 0.15) is 63.9 Å². The molecule has 3 nitrogen and oxygen atoms in total. The third-order valence-electron chi connectivity index (χ3n) is 4.04.